The molecule has 2 amide bonds. The Balaban J connectivity index is 1.52. The van der Waals surface area contributed by atoms with Gasteiger partial charge in [-0.25, -0.2) is 0 Å². The number of nitrogens with one attached hydrogen (secondary N) is 2. The van der Waals surface area contributed by atoms with E-state index >= 15 is 0 Å². The number of aryl methyl sites for hydroxylation is 1. The smallest absolute Gasteiger partial charge is 0.293 e. The topological polar surface area (TPSA) is 89.8 Å². The van der Waals surface area contributed by atoms with Crippen LogP contribution < -0.4 is 20.1 Å². The molecule has 4 aromatic rings. The van der Waals surface area contributed by atoms with Crippen LogP contribution in [0.2, 0.25) is 0 Å². The van der Waals surface area contributed by atoms with Crippen LogP contribution in [0.25, 0.3) is 11.0 Å². The Hall–Kier alpha value is -4.26. The predicted octanol–water partition coefficient (Wildman–Crippen LogP) is 5.41. The molecule has 0 fully saturated rings. The van der Waals surface area contributed by atoms with Crippen LogP contribution in [-0.2, 0) is 4.79 Å². The predicted molar refractivity (Wildman–Crippen MR) is 127 cm³/mol. The fourth-order valence-corrected chi connectivity index (χ4v) is 3.35. The van der Waals surface area contributed by atoms with Crippen LogP contribution in [0, 0.1) is 6.92 Å². The highest BCUT2D eigenvalue weighted by atomic mass is 16.5. The van der Waals surface area contributed by atoms with E-state index in [4.69, 9.17) is 13.9 Å². The Bertz CT molecular complexity index is 1280. The normalized spacial score (nSPS) is 10.6. The molecule has 0 aliphatic rings. The first-order valence-electron chi connectivity index (χ1n) is 10.6. The molecule has 0 bridgehead atoms. The van der Waals surface area contributed by atoms with Gasteiger partial charge in [0.25, 0.3) is 11.8 Å². The molecule has 0 radical (unpaired) electrons. The van der Waals surface area contributed by atoms with Crippen LogP contribution in [0.1, 0.15) is 23.0 Å². The van der Waals surface area contributed by atoms with Gasteiger partial charge in [-0.3, -0.25) is 9.59 Å². The number of carbonyl (C=O) groups is 2. The molecule has 1 aromatic heterocycles. The second kappa shape index (κ2) is 9.91. The molecule has 168 valence electrons. The molecule has 0 saturated carbocycles. The summed E-state index contributed by atoms with van der Waals surface area (Å²) in [6, 6.07) is 21.6. The highest BCUT2D eigenvalue weighted by Crippen LogP contribution is 2.31. The lowest BCUT2D eigenvalue weighted by atomic mass is 10.2. The van der Waals surface area contributed by atoms with Gasteiger partial charge in [0.2, 0.25) is 5.76 Å². The Kier molecular flexibility index (Phi) is 6.59. The van der Waals surface area contributed by atoms with Crippen molar-refractivity contribution in [3.8, 4) is 11.5 Å². The lowest BCUT2D eigenvalue weighted by Crippen LogP contribution is -2.22. The van der Waals surface area contributed by atoms with Crippen molar-refractivity contribution in [2.45, 2.75) is 13.8 Å². The molecule has 0 aliphatic carbocycles. The molecule has 0 spiro atoms. The maximum Gasteiger partial charge on any atom is 0.293 e. The van der Waals surface area contributed by atoms with E-state index in [9.17, 15) is 9.59 Å². The van der Waals surface area contributed by atoms with Crippen LogP contribution in [-0.4, -0.2) is 25.0 Å². The van der Waals surface area contributed by atoms with E-state index in [2.05, 4.69) is 10.6 Å². The summed E-state index contributed by atoms with van der Waals surface area (Å²) >= 11 is 0. The third kappa shape index (κ3) is 5.33. The van der Waals surface area contributed by atoms with Gasteiger partial charge in [0.05, 0.1) is 6.61 Å². The summed E-state index contributed by atoms with van der Waals surface area (Å²) in [4.78, 5) is 25.6. The Morgan fingerprint density at radius 1 is 0.879 bits per heavy atom. The van der Waals surface area contributed by atoms with Crippen molar-refractivity contribution >= 4 is 34.2 Å². The van der Waals surface area contributed by atoms with Gasteiger partial charge in [-0.05, 0) is 67.9 Å². The number of anilines is 2. The summed E-state index contributed by atoms with van der Waals surface area (Å²) < 4.78 is 16.8. The molecular weight excluding hydrogens is 420 g/mol. The van der Waals surface area contributed by atoms with Crippen molar-refractivity contribution in [2.75, 3.05) is 23.8 Å². The summed E-state index contributed by atoms with van der Waals surface area (Å²) in [5.74, 6) is 0.425. The van der Waals surface area contributed by atoms with Gasteiger partial charge in [0, 0.05) is 11.1 Å². The number of hydrogen-bond donors (Lipinski definition) is 2. The van der Waals surface area contributed by atoms with Gasteiger partial charge in [-0.2, -0.15) is 0 Å². The van der Waals surface area contributed by atoms with Gasteiger partial charge in [0.1, 0.15) is 22.8 Å². The van der Waals surface area contributed by atoms with Gasteiger partial charge in [0.15, 0.2) is 6.61 Å². The van der Waals surface area contributed by atoms with Crippen molar-refractivity contribution in [1.82, 2.24) is 0 Å². The average Bonchev–Trinajstić information content (AvgIpc) is 3.18. The fraction of sp³-hybridized carbons (Fsp3) is 0.154. The average molecular weight is 444 g/mol. The monoisotopic (exact) mass is 444 g/mol. The summed E-state index contributed by atoms with van der Waals surface area (Å²) in [7, 11) is 0. The highest BCUT2D eigenvalue weighted by molar-refractivity contribution is 6.14. The van der Waals surface area contributed by atoms with E-state index in [1.165, 1.54) is 0 Å². The van der Waals surface area contributed by atoms with E-state index < -0.39 is 11.8 Å². The van der Waals surface area contributed by atoms with Crippen LogP contribution in [0.15, 0.2) is 77.2 Å². The third-order valence-electron chi connectivity index (χ3n) is 4.85. The van der Waals surface area contributed by atoms with Crippen molar-refractivity contribution in [1.29, 1.82) is 0 Å². The molecule has 1 heterocycles. The lowest BCUT2D eigenvalue weighted by molar-refractivity contribution is -0.118. The number of fused-ring (bicyclic) bond motifs is 1. The van der Waals surface area contributed by atoms with Gasteiger partial charge < -0.3 is 24.5 Å². The molecule has 0 saturated heterocycles. The van der Waals surface area contributed by atoms with E-state index in [0.29, 0.717) is 40.4 Å². The number of hydrogen-bond acceptors (Lipinski definition) is 5. The zero-order valence-electron chi connectivity index (χ0n) is 18.4. The molecule has 4 rings (SSSR count). The summed E-state index contributed by atoms with van der Waals surface area (Å²) in [6.45, 7) is 4.20. The number of para-hydroxylation sites is 1. The lowest BCUT2D eigenvalue weighted by Gasteiger charge is -2.09. The summed E-state index contributed by atoms with van der Waals surface area (Å²) in [6.07, 6.45) is 0. The molecule has 0 unspecified atom stereocenters. The maximum absolute atomic E-state index is 13.0. The molecule has 33 heavy (non-hydrogen) atoms. The minimum absolute atomic E-state index is 0.00832. The molecule has 3 aromatic carbocycles. The number of furan rings is 1. The summed E-state index contributed by atoms with van der Waals surface area (Å²) in [5.41, 5.74) is 2.39. The SMILES string of the molecule is CCOc1ccc(NC(=O)c2oc3ccccc3c2NC(=O)COc2cccc(C)c2)cc1. The number of benzene rings is 3. The maximum atomic E-state index is 13.0. The molecule has 2 N–H and O–H groups in total. The number of amides is 2. The van der Waals surface area contributed by atoms with Crippen LogP contribution in [0.5, 0.6) is 11.5 Å². The third-order valence-corrected chi connectivity index (χ3v) is 4.85. The van der Waals surface area contributed by atoms with E-state index in [1.54, 1.807) is 48.5 Å². The van der Waals surface area contributed by atoms with Crippen LogP contribution in [0.3, 0.4) is 0 Å². The van der Waals surface area contributed by atoms with Crippen molar-refractivity contribution < 1.29 is 23.5 Å². The fourth-order valence-electron chi connectivity index (χ4n) is 3.35. The quantitative estimate of drug-likeness (QED) is 0.379. The Morgan fingerprint density at radius 2 is 1.67 bits per heavy atom. The second-order valence-electron chi connectivity index (χ2n) is 7.37. The molecule has 7 nitrogen and oxygen atoms in total. The van der Waals surface area contributed by atoms with Crippen LogP contribution in [0.4, 0.5) is 11.4 Å². The van der Waals surface area contributed by atoms with E-state index in [-0.39, 0.29) is 12.4 Å². The Morgan fingerprint density at radius 3 is 2.42 bits per heavy atom. The van der Waals surface area contributed by atoms with E-state index in [1.807, 2.05) is 38.1 Å². The largest absolute Gasteiger partial charge is 0.494 e. The number of rotatable bonds is 8. The van der Waals surface area contributed by atoms with Crippen molar-refractivity contribution in [3.05, 3.63) is 84.1 Å². The van der Waals surface area contributed by atoms with Gasteiger partial charge >= 0.3 is 0 Å². The second-order valence-corrected chi connectivity index (χ2v) is 7.37. The van der Waals surface area contributed by atoms with Gasteiger partial charge in [-0.15, -0.1) is 0 Å². The van der Waals surface area contributed by atoms with Crippen molar-refractivity contribution in [3.63, 3.8) is 0 Å². The zero-order chi connectivity index (χ0) is 23.2. The minimum Gasteiger partial charge on any atom is -0.494 e. The number of carbonyl (C=O) groups excluding carboxylic acids is 2. The number of ether oxygens (including phenoxy) is 2. The highest BCUT2D eigenvalue weighted by Gasteiger charge is 2.22. The zero-order valence-corrected chi connectivity index (χ0v) is 18.4. The molecule has 0 aliphatic heterocycles. The van der Waals surface area contributed by atoms with Gasteiger partial charge in [-0.1, -0.05) is 24.3 Å². The van der Waals surface area contributed by atoms with Crippen LogP contribution >= 0.6 is 0 Å². The molecule has 7 heteroatoms. The van der Waals surface area contributed by atoms with E-state index in [0.717, 1.165) is 5.56 Å². The minimum atomic E-state index is -0.481. The first-order valence-corrected chi connectivity index (χ1v) is 10.6. The molecular formula is C26H24N2O5. The first kappa shape index (κ1) is 22.0. The Labute approximate surface area is 191 Å². The summed E-state index contributed by atoms with van der Waals surface area (Å²) in [5, 5.41) is 6.19. The molecule has 0 atom stereocenters. The first-order chi connectivity index (χ1) is 16.0. The standard InChI is InChI=1S/C26H24N2O5/c1-3-31-19-13-11-18(12-14-19)27-26(30)25-24(21-9-4-5-10-22(21)33-25)28-23(29)16-32-20-8-6-7-17(2)15-20/h4-15H,3,16H2,1-2H3,(H,27,30)(H,28,29). The van der Waals surface area contributed by atoms with Crippen molar-refractivity contribution in [2.24, 2.45) is 0 Å².